The summed E-state index contributed by atoms with van der Waals surface area (Å²) in [6.45, 7) is 3.23. The fourth-order valence-corrected chi connectivity index (χ4v) is 2.21. The van der Waals surface area contributed by atoms with Gasteiger partial charge in [-0.1, -0.05) is 18.3 Å². The average Bonchev–Trinajstić information content (AvgIpc) is 2.72. The standard InChI is InChI=1S/C11H21N3O2S/c1-5-8(15)6-12-7-9-10(16-4)13-11(17-9)14(2)3/h8,12,15H,5-7H2,1-4H3. The number of hydrogen-bond acceptors (Lipinski definition) is 6. The van der Waals surface area contributed by atoms with Crippen LogP contribution in [0.15, 0.2) is 0 Å². The first kappa shape index (κ1) is 14.2. The average molecular weight is 259 g/mol. The Kier molecular flexibility index (Phi) is 5.67. The van der Waals surface area contributed by atoms with Gasteiger partial charge < -0.3 is 20.1 Å². The van der Waals surface area contributed by atoms with E-state index in [4.69, 9.17) is 4.74 Å². The molecule has 0 aliphatic rings. The van der Waals surface area contributed by atoms with Gasteiger partial charge in [-0.05, 0) is 6.42 Å². The van der Waals surface area contributed by atoms with Crippen molar-refractivity contribution < 1.29 is 9.84 Å². The number of aliphatic hydroxyl groups is 1. The molecule has 5 nitrogen and oxygen atoms in total. The van der Waals surface area contributed by atoms with Crippen LogP contribution in [0.2, 0.25) is 0 Å². The fraction of sp³-hybridized carbons (Fsp3) is 0.727. The zero-order valence-electron chi connectivity index (χ0n) is 10.9. The number of hydrogen-bond donors (Lipinski definition) is 2. The zero-order valence-corrected chi connectivity index (χ0v) is 11.7. The van der Waals surface area contributed by atoms with Crippen LogP contribution in [0.4, 0.5) is 5.13 Å². The van der Waals surface area contributed by atoms with Crippen LogP contribution in [0, 0.1) is 0 Å². The van der Waals surface area contributed by atoms with Crippen molar-refractivity contribution >= 4 is 16.5 Å². The number of rotatable bonds is 7. The predicted molar refractivity (Wildman–Crippen MR) is 71.0 cm³/mol. The van der Waals surface area contributed by atoms with Gasteiger partial charge in [0.1, 0.15) is 0 Å². The Labute approximate surface area is 106 Å². The van der Waals surface area contributed by atoms with Gasteiger partial charge in [0, 0.05) is 27.2 Å². The molecule has 0 aliphatic heterocycles. The molecule has 17 heavy (non-hydrogen) atoms. The molecule has 6 heteroatoms. The van der Waals surface area contributed by atoms with Crippen LogP contribution in [0.1, 0.15) is 18.2 Å². The maximum absolute atomic E-state index is 9.44. The molecule has 0 saturated carbocycles. The van der Waals surface area contributed by atoms with Crippen LogP contribution in [-0.2, 0) is 6.54 Å². The van der Waals surface area contributed by atoms with Crippen molar-refractivity contribution in [3.05, 3.63) is 4.88 Å². The zero-order chi connectivity index (χ0) is 12.8. The SMILES string of the molecule is CCC(O)CNCc1sc(N(C)C)nc1OC. The molecule has 1 aromatic rings. The molecule has 1 unspecified atom stereocenters. The molecule has 0 saturated heterocycles. The van der Waals surface area contributed by atoms with Gasteiger partial charge in [0.15, 0.2) is 5.13 Å². The van der Waals surface area contributed by atoms with Gasteiger partial charge in [-0.2, -0.15) is 4.98 Å². The monoisotopic (exact) mass is 259 g/mol. The molecule has 0 fully saturated rings. The molecule has 1 atom stereocenters. The number of anilines is 1. The fourth-order valence-electron chi connectivity index (χ4n) is 1.29. The van der Waals surface area contributed by atoms with Gasteiger partial charge in [0.05, 0.1) is 18.1 Å². The van der Waals surface area contributed by atoms with Crippen molar-refractivity contribution in [1.82, 2.24) is 10.3 Å². The first-order valence-electron chi connectivity index (χ1n) is 5.68. The van der Waals surface area contributed by atoms with Crippen molar-refractivity contribution in [3.63, 3.8) is 0 Å². The van der Waals surface area contributed by atoms with Gasteiger partial charge in [-0.3, -0.25) is 0 Å². The molecule has 0 aliphatic carbocycles. The van der Waals surface area contributed by atoms with E-state index in [1.165, 1.54) is 0 Å². The maximum atomic E-state index is 9.44. The number of aromatic nitrogens is 1. The second-order valence-corrected chi connectivity index (χ2v) is 5.08. The molecule has 98 valence electrons. The van der Waals surface area contributed by atoms with Crippen molar-refractivity contribution in [2.45, 2.75) is 26.0 Å². The van der Waals surface area contributed by atoms with Crippen molar-refractivity contribution in [3.8, 4) is 5.88 Å². The lowest BCUT2D eigenvalue weighted by molar-refractivity contribution is 0.167. The van der Waals surface area contributed by atoms with E-state index < -0.39 is 0 Å². The van der Waals surface area contributed by atoms with E-state index in [2.05, 4.69) is 10.3 Å². The number of nitrogens with zero attached hydrogens (tertiary/aromatic N) is 2. The number of methoxy groups -OCH3 is 1. The number of thiazole rings is 1. The van der Waals surface area contributed by atoms with E-state index >= 15 is 0 Å². The van der Waals surface area contributed by atoms with Gasteiger partial charge >= 0.3 is 0 Å². The lowest BCUT2D eigenvalue weighted by Gasteiger charge is -2.08. The third-order valence-corrected chi connectivity index (χ3v) is 3.57. The van der Waals surface area contributed by atoms with E-state index in [0.29, 0.717) is 19.0 Å². The Morgan fingerprint density at radius 2 is 2.24 bits per heavy atom. The quantitative estimate of drug-likeness (QED) is 0.767. The summed E-state index contributed by atoms with van der Waals surface area (Å²) in [5.74, 6) is 0.664. The lowest BCUT2D eigenvalue weighted by Crippen LogP contribution is -2.25. The minimum absolute atomic E-state index is 0.290. The molecule has 2 N–H and O–H groups in total. The van der Waals surface area contributed by atoms with Gasteiger partial charge in [-0.15, -0.1) is 0 Å². The summed E-state index contributed by atoms with van der Waals surface area (Å²) in [6.07, 6.45) is 0.470. The molecular formula is C11H21N3O2S. The van der Waals surface area contributed by atoms with E-state index in [9.17, 15) is 5.11 Å². The number of aliphatic hydroxyl groups excluding tert-OH is 1. The highest BCUT2D eigenvalue weighted by atomic mass is 32.1. The second kappa shape index (κ2) is 6.78. The van der Waals surface area contributed by atoms with E-state index in [-0.39, 0.29) is 6.10 Å². The third kappa shape index (κ3) is 4.14. The van der Waals surface area contributed by atoms with Crippen LogP contribution in [-0.4, -0.2) is 43.9 Å². The van der Waals surface area contributed by atoms with Crippen LogP contribution in [0.25, 0.3) is 0 Å². The van der Waals surface area contributed by atoms with Gasteiger partial charge in [0.2, 0.25) is 5.88 Å². The summed E-state index contributed by atoms with van der Waals surface area (Å²) in [6, 6.07) is 0. The van der Waals surface area contributed by atoms with E-state index in [1.54, 1.807) is 18.4 Å². The maximum Gasteiger partial charge on any atom is 0.230 e. The number of ether oxygens (including phenoxy) is 1. The van der Waals surface area contributed by atoms with Crippen LogP contribution in [0.5, 0.6) is 5.88 Å². The van der Waals surface area contributed by atoms with Crippen LogP contribution < -0.4 is 15.0 Å². The summed E-state index contributed by atoms with van der Waals surface area (Å²) in [5.41, 5.74) is 0. The molecular weight excluding hydrogens is 238 g/mol. The highest BCUT2D eigenvalue weighted by Crippen LogP contribution is 2.30. The summed E-state index contributed by atoms with van der Waals surface area (Å²) in [4.78, 5) is 7.38. The normalized spacial score (nSPS) is 12.5. The molecule has 0 bridgehead atoms. The Morgan fingerprint density at radius 3 is 2.76 bits per heavy atom. The Balaban J connectivity index is 2.57. The largest absolute Gasteiger partial charge is 0.480 e. The minimum Gasteiger partial charge on any atom is -0.480 e. The summed E-state index contributed by atoms with van der Waals surface area (Å²) >= 11 is 1.60. The molecule has 1 rings (SSSR count). The molecule has 0 spiro atoms. The predicted octanol–water partition coefficient (Wildman–Crippen LogP) is 1.08. The van der Waals surface area contributed by atoms with Crippen LogP contribution >= 0.6 is 11.3 Å². The number of nitrogens with one attached hydrogen (secondary N) is 1. The molecule has 1 aromatic heterocycles. The van der Waals surface area contributed by atoms with E-state index in [0.717, 1.165) is 16.4 Å². The molecule has 0 radical (unpaired) electrons. The lowest BCUT2D eigenvalue weighted by atomic mass is 10.3. The molecule has 1 heterocycles. The third-order valence-electron chi connectivity index (χ3n) is 2.36. The van der Waals surface area contributed by atoms with Crippen molar-refractivity contribution in [2.75, 3.05) is 32.6 Å². The van der Waals surface area contributed by atoms with Crippen molar-refractivity contribution in [2.24, 2.45) is 0 Å². The second-order valence-electron chi connectivity index (χ2n) is 4.02. The van der Waals surface area contributed by atoms with Gasteiger partial charge in [0.25, 0.3) is 0 Å². The Morgan fingerprint density at radius 1 is 1.53 bits per heavy atom. The van der Waals surface area contributed by atoms with Crippen molar-refractivity contribution in [1.29, 1.82) is 0 Å². The topological polar surface area (TPSA) is 57.6 Å². The highest BCUT2D eigenvalue weighted by molar-refractivity contribution is 7.15. The molecule has 0 amide bonds. The Hall–Kier alpha value is -0.850. The first-order chi connectivity index (χ1) is 8.08. The van der Waals surface area contributed by atoms with Gasteiger partial charge in [-0.25, -0.2) is 0 Å². The minimum atomic E-state index is -0.290. The smallest absolute Gasteiger partial charge is 0.230 e. The highest BCUT2D eigenvalue weighted by Gasteiger charge is 2.12. The Bertz CT molecular complexity index is 341. The summed E-state index contributed by atoms with van der Waals surface area (Å²) in [7, 11) is 5.53. The first-order valence-corrected chi connectivity index (χ1v) is 6.49. The molecule has 0 aromatic carbocycles. The summed E-state index contributed by atoms with van der Waals surface area (Å²) in [5, 5.41) is 13.6. The van der Waals surface area contributed by atoms with E-state index in [1.807, 2.05) is 25.9 Å². The van der Waals surface area contributed by atoms with Crippen LogP contribution in [0.3, 0.4) is 0 Å². The summed E-state index contributed by atoms with van der Waals surface area (Å²) < 4.78 is 5.23.